The van der Waals surface area contributed by atoms with Crippen molar-refractivity contribution in [2.24, 2.45) is 0 Å². The third-order valence-corrected chi connectivity index (χ3v) is 2.95. The van der Waals surface area contributed by atoms with Gasteiger partial charge in [0.05, 0.1) is 17.6 Å². The molecular weight excluding hydrogens is 337 g/mol. The number of nitrogens with one attached hydrogen (secondary N) is 1. The van der Waals surface area contributed by atoms with Crippen molar-refractivity contribution in [3.05, 3.63) is 41.9 Å². The van der Waals surface area contributed by atoms with E-state index in [1.54, 1.807) is 13.0 Å². The summed E-state index contributed by atoms with van der Waals surface area (Å²) >= 11 is 0. The van der Waals surface area contributed by atoms with E-state index in [1.165, 1.54) is 18.3 Å². The van der Waals surface area contributed by atoms with Gasteiger partial charge in [0.15, 0.2) is 5.82 Å². The molecule has 0 unspecified atom stereocenters. The number of aromatic nitrogens is 6. The van der Waals surface area contributed by atoms with Crippen LogP contribution in [0.25, 0.3) is 11.5 Å². The fourth-order valence-corrected chi connectivity index (χ4v) is 1.95. The van der Waals surface area contributed by atoms with Crippen LogP contribution >= 0.6 is 0 Å². The molecule has 0 aromatic carbocycles. The van der Waals surface area contributed by atoms with Gasteiger partial charge in [0, 0.05) is 0 Å². The number of hydrogen-bond donors (Lipinski definition) is 2. The molecule has 0 amide bonds. The first-order chi connectivity index (χ1) is 11.8. The van der Waals surface area contributed by atoms with Crippen molar-refractivity contribution in [2.75, 3.05) is 11.1 Å². The monoisotopic (exact) mass is 348 g/mol. The summed E-state index contributed by atoms with van der Waals surface area (Å²) in [5.41, 5.74) is 5.70. The van der Waals surface area contributed by atoms with Gasteiger partial charge in [-0.25, -0.2) is 4.98 Å². The average Bonchev–Trinajstić information content (AvgIpc) is 2.54. The third kappa shape index (κ3) is 3.94. The predicted molar refractivity (Wildman–Crippen MR) is 82.5 cm³/mol. The van der Waals surface area contributed by atoms with Crippen LogP contribution in [0.3, 0.4) is 0 Å². The third-order valence-electron chi connectivity index (χ3n) is 2.95. The smallest absolute Gasteiger partial charge is 0.368 e. The minimum absolute atomic E-state index is 0.0501. The van der Waals surface area contributed by atoms with E-state index >= 15 is 0 Å². The number of pyridine rings is 1. The van der Waals surface area contributed by atoms with Crippen LogP contribution in [0.1, 0.15) is 11.4 Å². The maximum atomic E-state index is 12.8. The van der Waals surface area contributed by atoms with Crippen LogP contribution in [-0.2, 0) is 6.18 Å². The minimum atomic E-state index is -4.57. The molecule has 3 aromatic heterocycles. The van der Waals surface area contributed by atoms with E-state index < -0.39 is 11.9 Å². The van der Waals surface area contributed by atoms with E-state index in [9.17, 15) is 13.2 Å². The summed E-state index contributed by atoms with van der Waals surface area (Å²) in [5, 5.41) is 10.4. The number of nitrogens with zero attached hydrogens (tertiary/aromatic N) is 6. The van der Waals surface area contributed by atoms with Crippen molar-refractivity contribution in [2.45, 2.75) is 13.1 Å². The Kier molecular flexibility index (Phi) is 4.13. The van der Waals surface area contributed by atoms with Gasteiger partial charge >= 0.3 is 6.18 Å². The maximum Gasteiger partial charge on any atom is 0.433 e. The molecule has 0 saturated heterocycles. The Morgan fingerprint density at radius 1 is 1.08 bits per heavy atom. The van der Waals surface area contributed by atoms with Crippen LogP contribution in [-0.4, -0.2) is 30.1 Å². The fraction of sp³-hybridized carbons (Fsp3) is 0.143. The number of nitrogen functional groups attached to an aromatic ring is 1. The molecule has 0 aliphatic carbocycles. The summed E-state index contributed by atoms with van der Waals surface area (Å²) in [7, 11) is 0. The zero-order chi connectivity index (χ0) is 18.0. The van der Waals surface area contributed by atoms with Gasteiger partial charge in [0.25, 0.3) is 0 Å². The summed E-state index contributed by atoms with van der Waals surface area (Å²) < 4.78 is 38.4. The zero-order valence-electron chi connectivity index (χ0n) is 12.8. The molecule has 3 heterocycles. The van der Waals surface area contributed by atoms with Gasteiger partial charge in [-0.05, 0) is 25.1 Å². The number of aryl methyl sites for hydroxylation is 1. The van der Waals surface area contributed by atoms with Crippen molar-refractivity contribution < 1.29 is 13.2 Å². The van der Waals surface area contributed by atoms with E-state index in [0.29, 0.717) is 11.4 Å². The highest BCUT2D eigenvalue weighted by atomic mass is 19.4. The van der Waals surface area contributed by atoms with E-state index in [2.05, 4.69) is 35.5 Å². The van der Waals surface area contributed by atoms with Gasteiger partial charge in [-0.3, -0.25) is 0 Å². The topological polar surface area (TPSA) is 115 Å². The molecule has 3 aromatic rings. The highest BCUT2D eigenvalue weighted by Gasteiger charge is 2.32. The zero-order valence-corrected chi connectivity index (χ0v) is 12.8. The lowest BCUT2D eigenvalue weighted by Gasteiger charge is -2.09. The molecule has 0 saturated carbocycles. The quantitative estimate of drug-likeness (QED) is 0.741. The van der Waals surface area contributed by atoms with Crippen molar-refractivity contribution in [1.82, 2.24) is 30.1 Å². The standard InChI is InChI=1S/C14H11F3N8/c1-7-5-8(6-19-25-7)20-13-23-11(22-12(18)24-13)9-3-2-4-10(21-9)14(15,16)17/h2-6H,1H3,(H3,18,20,22,23,24,25). The number of alkyl halides is 3. The normalized spacial score (nSPS) is 11.4. The minimum Gasteiger partial charge on any atom is -0.368 e. The van der Waals surface area contributed by atoms with E-state index in [0.717, 1.165) is 6.07 Å². The average molecular weight is 348 g/mol. The Morgan fingerprint density at radius 2 is 1.88 bits per heavy atom. The van der Waals surface area contributed by atoms with E-state index in [4.69, 9.17) is 5.73 Å². The highest BCUT2D eigenvalue weighted by Crippen LogP contribution is 2.29. The Labute approximate surface area is 139 Å². The Hall–Kier alpha value is -3.37. The number of halogens is 3. The Balaban J connectivity index is 1.97. The van der Waals surface area contributed by atoms with Gasteiger partial charge in [0.1, 0.15) is 11.4 Å². The lowest BCUT2D eigenvalue weighted by atomic mass is 10.3. The van der Waals surface area contributed by atoms with Crippen LogP contribution in [0.15, 0.2) is 30.5 Å². The summed E-state index contributed by atoms with van der Waals surface area (Å²) in [4.78, 5) is 15.3. The summed E-state index contributed by atoms with van der Waals surface area (Å²) in [6.07, 6.45) is -3.13. The molecule has 11 heteroatoms. The molecule has 0 spiro atoms. The first kappa shape index (κ1) is 16.5. The molecule has 0 aliphatic rings. The second-order valence-corrected chi connectivity index (χ2v) is 4.96. The lowest BCUT2D eigenvalue weighted by molar-refractivity contribution is -0.141. The van der Waals surface area contributed by atoms with Crippen molar-refractivity contribution in [1.29, 1.82) is 0 Å². The van der Waals surface area contributed by atoms with E-state index in [-0.39, 0.29) is 23.4 Å². The SMILES string of the molecule is Cc1cc(Nc2nc(N)nc(-c3cccc(C(F)(F)F)n3)n2)cnn1. The molecule has 0 aliphatic heterocycles. The first-order valence-corrected chi connectivity index (χ1v) is 6.94. The van der Waals surface area contributed by atoms with Crippen LogP contribution in [0.5, 0.6) is 0 Å². The molecule has 0 atom stereocenters. The molecule has 25 heavy (non-hydrogen) atoms. The number of anilines is 3. The van der Waals surface area contributed by atoms with Crippen molar-refractivity contribution in [3.63, 3.8) is 0 Å². The van der Waals surface area contributed by atoms with Gasteiger partial charge < -0.3 is 11.1 Å². The fourth-order valence-electron chi connectivity index (χ4n) is 1.95. The van der Waals surface area contributed by atoms with Crippen LogP contribution in [0.2, 0.25) is 0 Å². The molecule has 3 rings (SSSR count). The van der Waals surface area contributed by atoms with Crippen LogP contribution < -0.4 is 11.1 Å². The Morgan fingerprint density at radius 3 is 2.60 bits per heavy atom. The maximum absolute atomic E-state index is 12.8. The molecule has 0 radical (unpaired) electrons. The van der Waals surface area contributed by atoms with Gasteiger partial charge in [0.2, 0.25) is 11.9 Å². The van der Waals surface area contributed by atoms with E-state index in [1.807, 2.05) is 0 Å². The molecule has 3 N–H and O–H groups in total. The molecular formula is C14H11F3N8. The molecule has 8 nitrogen and oxygen atoms in total. The van der Waals surface area contributed by atoms with Crippen LogP contribution in [0, 0.1) is 6.92 Å². The number of hydrogen-bond acceptors (Lipinski definition) is 8. The van der Waals surface area contributed by atoms with Crippen LogP contribution in [0.4, 0.5) is 30.8 Å². The van der Waals surface area contributed by atoms with Gasteiger partial charge in [-0.2, -0.15) is 38.3 Å². The van der Waals surface area contributed by atoms with Crippen molar-refractivity contribution in [3.8, 4) is 11.5 Å². The summed E-state index contributed by atoms with van der Waals surface area (Å²) in [6.45, 7) is 1.75. The van der Waals surface area contributed by atoms with Crippen molar-refractivity contribution >= 4 is 17.6 Å². The predicted octanol–water partition coefficient (Wildman–Crippen LogP) is 2.38. The number of nitrogens with two attached hydrogens (primary N) is 1. The molecule has 0 bridgehead atoms. The largest absolute Gasteiger partial charge is 0.433 e. The number of rotatable bonds is 3. The second-order valence-electron chi connectivity index (χ2n) is 4.96. The second kappa shape index (κ2) is 6.26. The highest BCUT2D eigenvalue weighted by molar-refractivity contribution is 5.57. The first-order valence-electron chi connectivity index (χ1n) is 6.94. The summed E-state index contributed by atoms with van der Waals surface area (Å²) in [5.74, 6) is -0.195. The molecule has 128 valence electrons. The lowest BCUT2D eigenvalue weighted by Crippen LogP contribution is -2.10. The van der Waals surface area contributed by atoms with Gasteiger partial charge in [-0.15, -0.1) is 0 Å². The summed E-state index contributed by atoms with van der Waals surface area (Å²) in [6, 6.07) is 5.12. The Bertz CT molecular complexity index is 913. The molecule has 0 fully saturated rings. The van der Waals surface area contributed by atoms with Gasteiger partial charge in [-0.1, -0.05) is 6.07 Å².